The number of aryl methyl sites for hydroxylation is 1. The monoisotopic (exact) mass is 448 g/mol. The molecule has 0 saturated heterocycles. The number of hydrogen-bond acceptors (Lipinski definition) is 6. The van der Waals surface area contributed by atoms with E-state index in [1.165, 1.54) is 0 Å². The maximum absolute atomic E-state index is 6.02. The third kappa shape index (κ3) is 4.02. The van der Waals surface area contributed by atoms with Gasteiger partial charge < -0.3 is 14.0 Å². The van der Waals surface area contributed by atoms with Gasteiger partial charge in [0, 0.05) is 11.2 Å². The van der Waals surface area contributed by atoms with Crippen molar-refractivity contribution in [2.24, 2.45) is 0 Å². The molecule has 1 atom stereocenters. The molecule has 162 valence electrons. The van der Waals surface area contributed by atoms with Crippen LogP contribution in [-0.4, -0.2) is 43.0 Å². The summed E-state index contributed by atoms with van der Waals surface area (Å²) in [5.74, 6) is 1.88. The van der Waals surface area contributed by atoms with Gasteiger partial charge in [-0.25, -0.2) is 19.6 Å². The maximum Gasteiger partial charge on any atom is 0.238 e. The Morgan fingerprint density at radius 3 is 2.72 bits per heavy atom. The van der Waals surface area contributed by atoms with E-state index in [1.807, 2.05) is 70.9 Å². The van der Waals surface area contributed by atoms with Crippen LogP contribution in [0.2, 0.25) is 5.02 Å². The highest BCUT2D eigenvalue weighted by atomic mass is 35.5. The van der Waals surface area contributed by atoms with Crippen molar-refractivity contribution in [1.29, 1.82) is 0 Å². The van der Waals surface area contributed by atoms with Crippen LogP contribution < -0.4 is 4.74 Å². The third-order valence-electron chi connectivity index (χ3n) is 5.16. The number of nitrogens with zero attached hydrogens (tertiary/aromatic N) is 6. The van der Waals surface area contributed by atoms with Crippen LogP contribution >= 0.6 is 11.6 Å². The zero-order valence-corrected chi connectivity index (χ0v) is 18.4. The average Bonchev–Trinajstić information content (AvgIpc) is 3.43. The van der Waals surface area contributed by atoms with Gasteiger partial charge in [-0.3, -0.25) is 0 Å². The highest BCUT2D eigenvalue weighted by Gasteiger charge is 2.26. The smallest absolute Gasteiger partial charge is 0.238 e. The summed E-state index contributed by atoms with van der Waals surface area (Å²) in [4.78, 5) is 13.5. The van der Waals surface area contributed by atoms with Gasteiger partial charge in [-0.2, -0.15) is 5.10 Å². The van der Waals surface area contributed by atoms with Crippen molar-refractivity contribution in [1.82, 2.24) is 29.3 Å². The molecular formula is C23H21ClN6O2. The van der Waals surface area contributed by atoms with Crippen LogP contribution in [0.4, 0.5) is 0 Å². The van der Waals surface area contributed by atoms with Crippen LogP contribution in [0.15, 0.2) is 48.9 Å². The van der Waals surface area contributed by atoms with E-state index in [4.69, 9.17) is 26.1 Å². The first-order valence-corrected chi connectivity index (χ1v) is 10.5. The zero-order chi connectivity index (χ0) is 22.1. The largest absolute Gasteiger partial charge is 0.479 e. The van der Waals surface area contributed by atoms with Crippen molar-refractivity contribution in [2.45, 2.75) is 19.6 Å². The number of methoxy groups -OCH3 is 1. The van der Waals surface area contributed by atoms with Crippen LogP contribution in [0.5, 0.6) is 5.88 Å². The van der Waals surface area contributed by atoms with E-state index >= 15 is 0 Å². The molecule has 1 aliphatic heterocycles. The van der Waals surface area contributed by atoms with Gasteiger partial charge in [0.05, 0.1) is 38.0 Å². The Balaban J connectivity index is 1.40. The van der Waals surface area contributed by atoms with Crippen molar-refractivity contribution in [3.05, 3.63) is 82.5 Å². The van der Waals surface area contributed by atoms with Crippen LogP contribution in [0.1, 0.15) is 34.7 Å². The summed E-state index contributed by atoms with van der Waals surface area (Å²) in [5, 5.41) is 5.30. The van der Waals surface area contributed by atoms with E-state index in [0.29, 0.717) is 29.9 Å². The quantitative estimate of drug-likeness (QED) is 0.457. The minimum absolute atomic E-state index is 0.271. The van der Waals surface area contributed by atoms with E-state index in [9.17, 15) is 0 Å². The molecule has 32 heavy (non-hydrogen) atoms. The molecule has 4 aromatic rings. The van der Waals surface area contributed by atoms with Crippen LogP contribution in [0.25, 0.3) is 17.8 Å². The number of imidazole rings is 1. The Labute approximate surface area is 190 Å². The molecule has 4 heterocycles. The molecule has 0 amide bonds. The molecule has 0 aliphatic carbocycles. The average molecular weight is 449 g/mol. The van der Waals surface area contributed by atoms with Crippen molar-refractivity contribution in [3.8, 4) is 11.6 Å². The molecule has 8 nitrogen and oxygen atoms in total. The van der Waals surface area contributed by atoms with Crippen molar-refractivity contribution in [3.63, 3.8) is 0 Å². The molecular weight excluding hydrogens is 428 g/mol. The van der Waals surface area contributed by atoms with Crippen molar-refractivity contribution < 1.29 is 9.47 Å². The minimum atomic E-state index is -0.271. The fraction of sp³-hybridized carbons (Fsp3) is 0.217. The van der Waals surface area contributed by atoms with E-state index in [2.05, 4.69) is 15.1 Å². The number of fused-ring (bicyclic) bond motifs is 1. The highest BCUT2D eigenvalue weighted by Crippen LogP contribution is 2.29. The molecule has 1 aromatic carbocycles. The van der Waals surface area contributed by atoms with Gasteiger partial charge in [-0.15, -0.1) is 0 Å². The first-order chi connectivity index (χ1) is 15.6. The SMILES string of the molecule is COc1nc(C=Cc2nc3n(n2)CCO[C@@H]3c2ccc(Cl)cc2)ccc1-n1cnc(C)c1. The normalized spacial score (nSPS) is 15.8. The van der Waals surface area contributed by atoms with E-state index in [-0.39, 0.29) is 6.10 Å². The maximum atomic E-state index is 6.02. The molecule has 0 radical (unpaired) electrons. The summed E-state index contributed by atoms with van der Waals surface area (Å²) < 4.78 is 15.2. The van der Waals surface area contributed by atoms with E-state index < -0.39 is 0 Å². The second-order valence-corrected chi connectivity index (χ2v) is 7.81. The van der Waals surface area contributed by atoms with E-state index in [0.717, 1.165) is 28.5 Å². The molecule has 0 N–H and O–H groups in total. The lowest BCUT2D eigenvalue weighted by atomic mass is 10.1. The highest BCUT2D eigenvalue weighted by molar-refractivity contribution is 6.30. The topological polar surface area (TPSA) is 79.9 Å². The van der Waals surface area contributed by atoms with Crippen LogP contribution in [-0.2, 0) is 11.3 Å². The van der Waals surface area contributed by atoms with E-state index in [1.54, 1.807) is 13.4 Å². The van der Waals surface area contributed by atoms with Gasteiger partial charge in [0.2, 0.25) is 5.88 Å². The number of benzene rings is 1. The Bertz CT molecular complexity index is 1280. The lowest BCUT2D eigenvalue weighted by Crippen LogP contribution is -2.23. The van der Waals surface area contributed by atoms with Crippen molar-refractivity contribution >= 4 is 23.8 Å². The van der Waals surface area contributed by atoms with Crippen LogP contribution in [0.3, 0.4) is 0 Å². The predicted octanol–water partition coefficient (Wildman–Crippen LogP) is 4.12. The lowest BCUT2D eigenvalue weighted by Gasteiger charge is -2.23. The summed E-state index contributed by atoms with van der Waals surface area (Å²) in [7, 11) is 1.60. The zero-order valence-electron chi connectivity index (χ0n) is 17.6. The molecule has 3 aromatic heterocycles. The summed E-state index contributed by atoms with van der Waals surface area (Å²) >= 11 is 6.02. The molecule has 0 bridgehead atoms. The molecule has 1 aliphatic rings. The Hall–Kier alpha value is -3.49. The number of hydrogen-bond donors (Lipinski definition) is 0. The van der Waals surface area contributed by atoms with Gasteiger partial charge in [-0.05, 0) is 48.9 Å². The van der Waals surface area contributed by atoms with Gasteiger partial charge in [-0.1, -0.05) is 23.7 Å². The second-order valence-electron chi connectivity index (χ2n) is 7.37. The summed E-state index contributed by atoms with van der Waals surface area (Å²) in [6.45, 7) is 3.17. The molecule has 0 saturated carbocycles. The summed E-state index contributed by atoms with van der Waals surface area (Å²) in [6, 6.07) is 11.5. The van der Waals surface area contributed by atoms with Gasteiger partial charge in [0.1, 0.15) is 11.8 Å². The van der Waals surface area contributed by atoms with Crippen molar-refractivity contribution in [2.75, 3.05) is 13.7 Å². The first kappa shape index (κ1) is 20.4. The van der Waals surface area contributed by atoms with Gasteiger partial charge >= 0.3 is 0 Å². The number of pyridine rings is 1. The number of rotatable bonds is 5. The third-order valence-corrected chi connectivity index (χ3v) is 5.41. The fourth-order valence-electron chi connectivity index (χ4n) is 3.62. The minimum Gasteiger partial charge on any atom is -0.479 e. The second kappa shape index (κ2) is 8.57. The predicted molar refractivity (Wildman–Crippen MR) is 121 cm³/mol. The molecule has 0 unspecified atom stereocenters. The lowest BCUT2D eigenvalue weighted by molar-refractivity contribution is 0.0390. The number of ether oxygens (including phenoxy) is 2. The first-order valence-electron chi connectivity index (χ1n) is 10.2. The Kier molecular flexibility index (Phi) is 5.46. The van der Waals surface area contributed by atoms with Gasteiger partial charge in [0.25, 0.3) is 0 Å². The molecule has 0 spiro atoms. The standard InChI is InChI=1S/C23H21ClN6O2/c1-15-13-29(14-25-15)19-9-7-18(26-23(19)31-2)8-10-20-27-22-21(32-12-11-30(22)28-20)16-3-5-17(24)6-4-16/h3-10,13-14,21H,11-12H2,1-2H3/t21-/m1/s1. The fourth-order valence-corrected chi connectivity index (χ4v) is 3.74. The van der Waals surface area contributed by atoms with Crippen LogP contribution in [0, 0.1) is 6.92 Å². The number of aromatic nitrogens is 6. The van der Waals surface area contributed by atoms with Gasteiger partial charge in [0.15, 0.2) is 11.6 Å². The molecule has 5 rings (SSSR count). The Morgan fingerprint density at radius 2 is 1.97 bits per heavy atom. The molecule has 9 heteroatoms. The molecule has 0 fully saturated rings. The Morgan fingerprint density at radius 1 is 1.12 bits per heavy atom. The summed E-state index contributed by atoms with van der Waals surface area (Å²) in [5.41, 5.74) is 3.48. The summed E-state index contributed by atoms with van der Waals surface area (Å²) in [6.07, 6.45) is 7.10. The number of halogens is 1.